The van der Waals surface area contributed by atoms with Crippen LogP contribution >= 0.6 is 0 Å². The molecule has 4 aliphatic rings. The van der Waals surface area contributed by atoms with E-state index in [9.17, 15) is 9.59 Å². The number of fused-ring (bicyclic) bond motifs is 1. The number of nitrogens with one attached hydrogen (secondary N) is 2. The Bertz CT molecular complexity index is 930. The van der Waals surface area contributed by atoms with E-state index in [4.69, 9.17) is 9.47 Å². The number of amides is 2. The summed E-state index contributed by atoms with van der Waals surface area (Å²) < 4.78 is 27.0. The molecule has 4 atom stereocenters. The Labute approximate surface area is 187 Å². The Hall–Kier alpha value is -2.29. The van der Waals surface area contributed by atoms with Gasteiger partial charge in [-0.15, -0.1) is 0 Å². The minimum Gasteiger partial charge on any atom is -0.380 e. The smallest absolute Gasteiger partial charge is 0.255 e. The Balaban J connectivity index is 1.32. The molecule has 3 fully saturated rings. The molecule has 7 nitrogen and oxygen atoms in total. The fourth-order valence-corrected chi connectivity index (χ4v) is 5.31. The van der Waals surface area contributed by atoms with Crippen molar-refractivity contribution in [1.29, 1.82) is 0 Å². The maximum absolute atomic E-state index is 15.5. The van der Waals surface area contributed by atoms with Gasteiger partial charge in [0.15, 0.2) is 0 Å². The van der Waals surface area contributed by atoms with Crippen molar-refractivity contribution in [1.82, 2.24) is 15.5 Å². The maximum Gasteiger partial charge on any atom is 0.255 e. The number of ether oxygens (including phenoxy) is 2. The van der Waals surface area contributed by atoms with E-state index in [-0.39, 0.29) is 36.3 Å². The second-order valence-electron chi connectivity index (χ2n) is 9.23. The predicted molar refractivity (Wildman–Crippen MR) is 115 cm³/mol. The van der Waals surface area contributed by atoms with Gasteiger partial charge >= 0.3 is 0 Å². The maximum atomic E-state index is 15.5. The predicted octanol–water partition coefficient (Wildman–Crippen LogP) is 2.04. The summed E-state index contributed by atoms with van der Waals surface area (Å²) in [5, 5.41) is 6.35. The van der Waals surface area contributed by atoms with E-state index in [1.807, 2.05) is 0 Å². The van der Waals surface area contributed by atoms with Crippen molar-refractivity contribution in [2.45, 2.75) is 69.3 Å². The minimum atomic E-state index is -0.591. The zero-order chi connectivity index (χ0) is 22.2. The molecule has 0 bridgehead atoms. The minimum absolute atomic E-state index is 0.116. The number of hydrogen-bond donors (Lipinski definition) is 2. The zero-order valence-electron chi connectivity index (χ0n) is 18.2. The Morgan fingerprint density at radius 3 is 2.88 bits per heavy atom. The quantitative estimate of drug-likeness (QED) is 0.728. The normalized spacial score (nSPS) is 30.5. The Morgan fingerprint density at radius 1 is 1.22 bits per heavy atom. The summed E-state index contributed by atoms with van der Waals surface area (Å²) in [5.41, 5.74) is 1.95. The molecule has 172 valence electrons. The fraction of sp³-hybridized carbons (Fsp3) is 0.583. The van der Waals surface area contributed by atoms with Gasteiger partial charge in [-0.2, -0.15) is 0 Å². The molecule has 0 saturated carbocycles. The molecular weight excluding hydrogens is 413 g/mol. The SMILES string of the molecule is C=C1CCC(N2Cc3c(ccc(C[C@H]4OCCC[C@@H]4N[C@H]4CCOC4)c3F)C2=O)C(=O)N1. The highest BCUT2D eigenvalue weighted by Crippen LogP contribution is 2.32. The van der Waals surface area contributed by atoms with Gasteiger partial charge in [0.25, 0.3) is 5.91 Å². The number of piperidine rings is 1. The highest BCUT2D eigenvalue weighted by Gasteiger charge is 2.40. The third-order valence-corrected chi connectivity index (χ3v) is 7.08. The first-order valence-corrected chi connectivity index (χ1v) is 11.6. The van der Waals surface area contributed by atoms with Crippen molar-refractivity contribution >= 4 is 11.8 Å². The highest BCUT2D eigenvalue weighted by molar-refractivity contribution is 6.01. The lowest BCUT2D eigenvalue weighted by molar-refractivity contribution is -0.126. The molecule has 32 heavy (non-hydrogen) atoms. The van der Waals surface area contributed by atoms with Gasteiger partial charge in [-0.25, -0.2) is 4.39 Å². The Kier molecular flexibility index (Phi) is 6.01. The van der Waals surface area contributed by atoms with Gasteiger partial charge in [-0.05, 0) is 43.7 Å². The van der Waals surface area contributed by atoms with Gasteiger partial charge < -0.3 is 25.0 Å². The van der Waals surface area contributed by atoms with Crippen molar-refractivity contribution in [3.05, 3.63) is 46.9 Å². The van der Waals surface area contributed by atoms with Crippen molar-refractivity contribution in [2.75, 3.05) is 19.8 Å². The summed E-state index contributed by atoms with van der Waals surface area (Å²) in [5.74, 6) is -0.882. The average Bonchev–Trinajstić information content (AvgIpc) is 3.40. The van der Waals surface area contributed by atoms with Crippen LogP contribution in [0.3, 0.4) is 0 Å². The summed E-state index contributed by atoms with van der Waals surface area (Å²) in [6.07, 6.45) is 4.39. The lowest BCUT2D eigenvalue weighted by atomic mass is 9.93. The third kappa shape index (κ3) is 4.07. The molecule has 5 rings (SSSR count). The highest BCUT2D eigenvalue weighted by atomic mass is 19.1. The van der Waals surface area contributed by atoms with Crippen LogP contribution in [0.15, 0.2) is 24.4 Å². The van der Waals surface area contributed by atoms with Gasteiger partial charge in [0, 0.05) is 48.5 Å². The first kappa shape index (κ1) is 21.6. The number of benzene rings is 1. The van der Waals surface area contributed by atoms with Crippen LogP contribution < -0.4 is 10.6 Å². The third-order valence-electron chi connectivity index (χ3n) is 7.08. The van der Waals surface area contributed by atoms with Crippen molar-refractivity contribution in [2.24, 2.45) is 0 Å². The Morgan fingerprint density at radius 2 is 2.09 bits per heavy atom. The van der Waals surface area contributed by atoms with Crippen molar-refractivity contribution in [3.63, 3.8) is 0 Å². The van der Waals surface area contributed by atoms with E-state index in [1.165, 1.54) is 4.90 Å². The molecule has 2 N–H and O–H groups in total. The number of carbonyl (C=O) groups is 2. The molecule has 0 aliphatic carbocycles. The molecule has 0 radical (unpaired) electrons. The standard InChI is InChI=1S/C24H30FN3O4/c1-14-4-7-20(23(29)26-14)28-12-18-17(24(28)30)6-5-15(22(18)25)11-21-19(3-2-9-32-21)27-16-8-10-31-13-16/h5-6,16,19-21,27H,1-4,7-13H2,(H,26,29)/t16-,19-,20?,21+/m0/s1. The van der Waals surface area contributed by atoms with Crippen LogP contribution in [0.5, 0.6) is 0 Å². The number of nitrogens with zero attached hydrogens (tertiary/aromatic N) is 1. The topological polar surface area (TPSA) is 79.9 Å². The molecule has 1 aromatic carbocycles. The molecule has 2 amide bonds. The van der Waals surface area contributed by atoms with E-state index >= 15 is 4.39 Å². The van der Waals surface area contributed by atoms with Gasteiger partial charge in [0.1, 0.15) is 11.9 Å². The van der Waals surface area contributed by atoms with Crippen LogP contribution in [0, 0.1) is 5.82 Å². The molecule has 8 heteroatoms. The van der Waals surface area contributed by atoms with E-state index in [2.05, 4.69) is 17.2 Å². The summed E-state index contributed by atoms with van der Waals surface area (Å²) >= 11 is 0. The monoisotopic (exact) mass is 443 g/mol. The van der Waals surface area contributed by atoms with E-state index < -0.39 is 6.04 Å². The van der Waals surface area contributed by atoms with Crippen LogP contribution in [0.4, 0.5) is 4.39 Å². The lowest BCUT2D eigenvalue weighted by Crippen LogP contribution is -2.50. The molecular formula is C24H30FN3O4. The number of halogens is 1. The van der Waals surface area contributed by atoms with Crippen LogP contribution in [-0.4, -0.2) is 60.8 Å². The second-order valence-corrected chi connectivity index (χ2v) is 9.23. The fourth-order valence-electron chi connectivity index (χ4n) is 5.31. The summed E-state index contributed by atoms with van der Waals surface area (Å²) in [6, 6.07) is 3.28. The largest absolute Gasteiger partial charge is 0.380 e. The van der Waals surface area contributed by atoms with Gasteiger partial charge in [-0.1, -0.05) is 12.6 Å². The average molecular weight is 444 g/mol. The van der Waals surface area contributed by atoms with Crippen LogP contribution in [0.25, 0.3) is 0 Å². The van der Waals surface area contributed by atoms with Gasteiger partial charge in [0.05, 0.1) is 19.3 Å². The van der Waals surface area contributed by atoms with E-state index in [0.717, 1.165) is 25.9 Å². The van der Waals surface area contributed by atoms with Crippen LogP contribution in [-0.2, 0) is 27.2 Å². The zero-order valence-corrected chi connectivity index (χ0v) is 18.2. The molecule has 0 aromatic heterocycles. The molecule has 4 heterocycles. The van der Waals surface area contributed by atoms with E-state index in [0.29, 0.717) is 60.9 Å². The van der Waals surface area contributed by atoms with Gasteiger partial charge in [-0.3, -0.25) is 9.59 Å². The van der Waals surface area contributed by atoms with Crippen molar-refractivity contribution < 1.29 is 23.5 Å². The lowest BCUT2D eigenvalue weighted by Gasteiger charge is -2.34. The van der Waals surface area contributed by atoms with E-state index in [1.54, 1.807) is 12.1 Å². The molecule has 1 unspecified atom stereocenters. The first-order chi connectivity index (χ1) is 15.5. The first-order valence-electron chi connectivity index (χ1n) is 11.6. The summed E-state index contributed by atoms with van der Waals surface area (Å²) in [7, 11) is 0. The van der Waals surface area contributed by atoms with Crippen LogP contribution in [0.1, 0.15) is 53.6 Å². The molecule has 3 saturated heterocycles. The number of hydrogen-bond acceptors (Lipinski definition) is 5. The van der Waals surface area contributed by atoms with Crippen LogP contribution in [0.2, 0.25) is 0 Å². The number of rotatable bonds is 5. The molecule has 0 spiro atoms. The van der Waals surface area contributed by atoms with Gasteiger partial charge in [0.2, 0.25) is 5.91 Å². The summed E-state index contributed by atoms with van der Waals surface area (Å²) in [6.45, 7) is 6.05. The second kappa shape index (κ2) is 8.92. The van der Waals surface area contributed by atoms with Crippen molar-refractivity contribution in [3.8, 4) is 0 Å². The number of carbonyl (C=O) groups excluding carboxylic acids is 2. The molecule has 4 aliphatic heterocycles. The number of allylic oxidation sites excluding steroid dienone is 1. The molecule has 1 aromatic rings. The summed E-state index contributed by atoms with van der Waals surface area (Å²) in [4.78, 5) is 26.8.